The average Bonchev–Trinajstić information content (AvgIpc) is 2.75. The summed E-state index contributed by atoms with van der Waals surface area (Å²) in [7, 11) is 0. The van der Waals surface area contributed by atoms with Crippen molar-refractivity contribution in [1.82, 2.24) is 10.6 Å². The lowest BCUT2D eigenvalue weighted by molar-refractivity contribution is -0.390. The van der Waals surface area contributed by atoms with Crippen LogP contribution in [0.1, 0.15) is 77.6 Å². The second-order valence-corrected chi connectivity index (χ2v) is 11.7. The van der Waals surface area contributed by atoms with E-state index < -0.39 is 0 Å². The van der Waals surface area contributed by atoms with Crippen molar-refractivity contribution < 1.29 is 19.7 Å². The molecule has 1 amide bonds. The van der Waals surface area contributed by atoms with E-state index in [0.29, 0.717) is 29.8 Å². The Kier molecular flexibility index (Phi) is 5.16. The molecule has 176 valence electrons. The van der Waals surface area contributed by atoms with Crippen molar-refractivity contribution in [1.29, 1.82) is 0 Å². The monoisotopic (exact) mass is 442 g/mol. The number of nitrogens with two attached hydrogens (primary N) is 1. The molecule has 7 unspecified atom stereocenters. The van der Waals surface area contributed by atoms with Gasteiger partial charge in [-0.1, -0.05) is 19.3 Å². The minimum Gasteiger partial charge on any atom is -0.466 e. The van der Waals surface area contributed by atoms with E-state index in [-0.39, 0.29) is 29.8 Å². The van der Waals surface area contributed by atoms with Gasteiger partial charge in [0.15, 0.2) is 0 Å². The number of amides is 1. The van der Waals surface area contributed by atoms with Crippen LogP contribution >= 0.6 is 0 Å². The Balaban J connectivity index is 1.10. The lowest BCUT2D eigenvalue weighted by Gasteiger charge is -2.88. The highest BCUT2D eigenvalue weighted by Crippen LogP contribution is 2.87. The van der Waals surface area contributed by atoms with Crippen LogP contribution in [0.15, 0.2) is 0 Å². The van der Waals surface area contributed by atoms with Crippen molar-refractivity contribution in [2.45, 2.75) is 95.7 Å². The molecule has 6 heteroatoms. The third-order valence-electron chi connectivity index (χ3n) is 10.7. The molecule has 4 N–H and O–H groups in total. The van der Waals surface area contributed by atoms with Gasteiger partial charge in [-0.25, -0.2) is 0 Å². The molecule has 0 radical (unpaired) electrons. The first-order chi connectivity index (χ1) is 15.5. The number of hydrogen-bond acceptors (Lipinski definition) is 4. The van der Waals surface area contributed by atoms with Gasteiger partial charge in [0.05, 0.1) is 18.4 Å². The van der Waals surface area contributed by atoms with E-state index >= 15 is 0 Å². The maximum atomic E-state index is 13.3. The molecule has 0 aromatic carbocycles. The van der Waals surface area contributed by atoms with Crippen LogP contribution in [0.4, 0.5) is 0 Å². The van der Waals surface area contributed by atoms with Crippen LogP contribution < -0.4 is 16.0 Å². The summed E-state index contributed by atoms with van der Waals surface area (Å²) in [5.74, 6) is 3.15. The first-order valence-electron chi connectivity index (χ1n) is 13.4. The van der Waals surface area contributed by atoms with Crippen molar-refractivity contribution in [3.05, 3.63) is 0 Å². The molecule has 32 heavy (non-hydrogen) atoms. The highest BCUT2D eigenvalue weighted by molar-refractivity contribution is 6.37. The second-order valence-electron chi connectivity index (χ2n) is 11.7. The molecule has 0 aromatic rings. The Hall–Kier alpha value is -1.43. The lowest BCUT2D eigenvalue weighted by Crippen LogP contribution is -2.88. The fourth-order valence-corrected chi connectivity index (χ4v) is 9.17. The summed E-state index contributed by atoms with van der Waals surface area (Å²) < 4.78 is 5.32. The Morgan fingerprint density at radius 2 is 1.69 bits per heavy atom. The van der Waals surface area contributed by atoms with E-state index in [4.69, 9.17) is 10.1 Å². The smallest absolute Gasteiger partial charge is 0.311 e. The summed E-state index contributed by atoms with van der Waals surface area (Å²) in [6.07, 6.45) is 12.5. The fourth-order valence-electron chi connectivity index (χ4n) is 9.17. The maximum absolute atomic E-state index is 13.3. The normalized spacial score (nSPS) is 46.2. The molecule has 6 fully saturated rings. The molecule has 0 aromatic heterocycles. The number of ether oxygens (including phenoxy) is 1. The van der Waals surface area contributed by atoms with Crippen molar-refractivity contribution in [2.75, 3.05) is 6.61 Å². The number of nitrogens with one attached hydrogen (secondary N) is 2. The van der Waals surface area contributed by atoms with E-state index in [1.807, 2.05) is 6.92 Å². The summed E-state index contributed by atoms with van der Waals surface area (Å²) in [6, 6.07) is 0.902. The molecular formula is C26H40N3O3+. The molecule has 0 aliphatic heterocycles. The predicted molar refractivity (Wildman–Crippen MR) is 120 cm³/mol. The molecule has 0 heterocycles. The SMILES string of the molecule is CCOC(=O)C1CCC(C(=[NH2+])C(=O)NC2C3CC4CC5CC2C453)C(NC2CCCCC2)C1. The summed E-state index contributed by atoms with van der Waals surface area (Å²) in [4.78, 5) is 25.7. The number of carbonyl (C=O) groups excluding carboxylic acids is 2. The summed E-state index contributed by atoms with van der Waals surface area (Å²) in [6.45, 7) is 2.28. The first kappa shape index (κ1) is 21.1. The van der Waals surface area contributed by atoms with E-state index in [1.54, 1.807) is 0 Å². The van der Waals surface area contributed by atoms with Crippen LogP contribution in [0.5, 0.6) is 0 Å². The van der Waals surface area contributed by atoms with Gasteiger partial charge in [0.2, 0.25) is 5.71 Å². The predicted octanol–water partition coefficient (Wildman–Crippen LogP) is 1.62. The second kappa shape index (κ2) is 7.82. The molecule has 6 aliphatic carbocycles. The summed E-state index contributed by atoms with van der Waals surface area (Å²) in [5, 5.41) is 13.8. The van der Waals surface area contributed by atoms with Crippen LogP contribution in [0.2, 0.25) is 0 Å². The van der Waals surface area contributed by atoms with Gasteiger partial charge in [0.25, 0.3) is 0 Å². The highest BCUT2D eigenvalue weighted by Gasteiger charge is 2.84. The molecular weight excluding hydrogens is 402 g/mol. The number of rotatable bonds is 7. The maximum Gasteiger partial charge on any atom is 0.311 e. The Morgan fingerprint density at radius 3 is 2.34 bits per heavy atom. The van der Waals surface area contributed by atoms with E-state index in [1.165, 1.54) is 51.4 Å². The van der Waals surface area contributed by atoms with Gasteiger partial charge >= 0.3 is 11.9 Å². The standard InChI is InChI=1S/C26H39N3O3/c1-2-32-25(31)14-8-9-18(21(10-14)28-17-6-4-3-5-7-17)22(27)24(30)29-23-19-12-15-11-16-13-20(23)26(15,16)19/h14-21,23,27-28H,2-13H2,1H3,(H,29,30)/p+1. The third-order valence-corrected chi connectivity index (χ3v) is 10.7. The van der Waals surface area contributed by atoms with Crippen molar-refractivity contribution in [2.24, 2.45) is 40.9 Å². The van der Waals surface area contributed by atoms with Crippen LogP contribution in [0.3, 0.4) is 0 Å². The van der Waals surface area contributed by atoms with Crippen LogP contribution in [0.25, 0.3) is 0 Å². The zero-order valence-electron chi connectivity index (χ0n) is 19.5. The van der Waals surface area contributed by atoms with Crippen molar-refractivity contribution in [3.8, 4) is 0 Å². The largest absolute Gasteiger partial charge is 0.466 e. The summed E-state index contributed by atoms with van der Waals surface area (Å²) >= 11 is 0. The average molecular weight is 443 g/mol. The number of carbonyl (C=O) groups is 2. The van der Waals surface area contributed by atoms with Crippen molar-refractivity contribution in [3.63, 3.8) is 0 Å². The minimum absolute atomic E-state index is 0.00335. The van der Waals surface area contributed by atoms with Gasteiger partial charge in [-0.15, -0.1) is 0 Å². The van der Waals surface area contributed by atoms with Gasteiger partial charge in [0.1, 0.15) is 0 Å². The molecule has 7 atom stereocenters. The molecule has 6 rings (SSSR count). The van der Waals surface area contributed by atoms with E-state index in [2.05, 4.69) is 10.6 Å². The minimum atomic E-state index is -0.0937. The molecule has 0 saturated heterocycles. The molecule has 6 saturated carbocycles. The lowest BCUT2D eigenvalue weighted by atomic mass is 9.17. The third kappa shape index (κ3) is 2.90. The van der Waals surface area contributed by atoms with Gasteiger partial charge in [-0.3, -0.25) is 15.0 Å². The summed E-state index contributed by atoms with van der Waals surface area (Å²) in [5.41, 5.74) is 1.14. The van der Waals surface area contributed by atoms with Crippen LogP contribution in [-0.4, -0.2) is 42.3 Å². The van der Waals surface area contributed by atoms with Gasteiger partial charge in [-0.05, 0) is 87.4 Å². The topological polar surface area (TPSA) is 93.0 Å². The Morgan fingerprint density at radius 1 is 0.969 bits per heavy atom. The Labute approximate surface area is 191 Å². The van der Waals surface area contributed by atoms with Gasteiger partial charge < -0.3 is 15.4 Å². The molecule has 1 spiro atoms. The van der Waals surface area contributed by atoms with E-state index in [0.717, 1.165) is 42.9 Å². The number of hydrogen-bond donors (Lipinski definition) is 3. The van der Waals surface area contributed by atoms with Crippen LogP contribution in [0, 0.1) is 40.9 Å². The van der Waals surface area contributed by atoms with Gasteiger partial charge in [-0.2, -0.15) is 0 Å². The quantitative estimate of drug-likeness (QED) is 0.413. The zero-order valence-corrected chi connectivity index (χ0v) is 19.5. The van der Waals surface area contributed by atoms with Gasteiger partial charge in [0, 0.05) is 18.1 Å². The zero-order chi connectivity index (χ0) is 22.0. The Bertz CT molecular complexity index is 784. The highest BCUT2D eigenvalue weighted by atomic mass is 16.5. The molecule has 6 nitrogen and oxygen atoms in total. The molecule has 0 bridgehead atoms. The first-order valence-corrected chi connectivity index (χ1v) is 13.4. The van der Waals surface area contributed by atoms with Crippen LogP contribution in [-0.2, 0) is 14.3 Å². The fraction of sp³-hybridized carbons (Fsp3) is 0.885. The molecule has 6 aliphatic rings. The number of esters is 1. The van der Waals surface area contributed by atoms with Crippen molar-refractivity contribution >= 4 is 17.6 Å². The van der Waals surface area contributed by atoms with E-state index in [9.17, 15) is 9.59 Å².